The van der Waals surface area contributed by atoms with Crippen LogP contribution in [0.4, 0.5) is 5.69 Å². The van der Waals surface area contributed by atoms with Crippen molar-refractivity contribution in [1.29, 1.82) is 0 Å². The van der Waals surface area contributed by atoms with Crippen molar-refractivity contribution in [2.24, 2.45) is 0 Å². The van der Waals surface area contributed by atoms with Crippen LogP contribution in [0, 0.1) is 0 Å². The molecule has 0 N–H and O–H groups in total. The molecule has 25 heavy (non-hydrogen) atoms. The van der Waals surface area contributed by atoms with E-state index in [1.54, 1.807) is 12.4 Å². The molecule has 5 nitrogen and oxygen atoms in total. The first-order valence-corrected chi connectivity index (χ1v) is 9.43. The lowest BCUT2D eigenvalue weighted by molar-refractivity contribution is -0.118. The summed E-state index contributed by atoms with van der Waals surface area (Å²) in [6.45, 7) is 1.10. The average molecular weight is 353 g/mol. The van der Waals surface area contributed by atoms with Gasteiger partial charge in [-0.25, -0.2) is 4.98 Å². The van der Waals surface area contributed by atoms with E-state index in [0.29, 0.717) is 18.4 Å². The molecule has 3 heterocycles. The number of rotatable bonds is 3. The molecular formula is C19H19N3O2S. The summed E-state index contributed by atoms with van der Waals surface area (Å²) in [5.74, 6) is 0.0617. The topological polar surface area (TPSA) is 55.2 Å². The maximum absolute atomic E-state index is 12.8. The van der Waals surface area contributed by atoms with Crippen LogP contribution in [0.1, 0.15) is 24.8 Å². The van der Waals surface area contributed by atoms with Gasteiger partial charge in [0.15, 0.2) is 0 Å². The molecule has 0 unspecified atom stereocenters. The smallest absolute Gasteiger partial charge is 0.262 e. The number of hydrogen-bond acceptors (Lipinski definition) is 4. The molecule has 0 spiro atoms. The van der Waals surface area contributed by atoms with E-state index in [2.05, 4.69) is 11.1 Å². The summed E-state index contributed by atoms with van der Waals surface area (Å²) in [6, 6.07) is 9.90. The molecular weight excluding hydrogens is 334 g/mol. The molecule has 0 bridgehead atoms. The zero-order valence-corrected chi connectivity index (χ0v) is 14.7. The quantitative estimate of drug-likeness (QED) is 0.726. The normalized spacial score (nSPS) is 14.3. The van der Waals surface area contributed by atoms with Gasteiger partial charge in [-0.15, -0.1) is 11.3 Å². The van der Waals surface area contributed by atoms with Crippen molar-refractivity contribution in [1.82, 2.24) is 9.55 Å². The monoisotopic (exact) mass is 353 g/mol. The molecule has 2 aromatic heterocycles. The van der Waals surface area contributed by atoms with E-state index in [9.17, 15) is 9.59 Å². The van der Waals surface area contributed by atoms with E-state index in [-0.39, 0.29) is 11.5 Å². The van der Waals surface area contributed by atoms with E-state index in [1.807, 2.05) is 28.5 Å². The SMILES string of the molecule is O=C(CCn1cnc2sccc2c1=O)N1CCCCc2ccccc21. The Morgan fingerprint density at radius 2 is 2.08 bits per heavy atom. The van der Waals surface area contributed by atoms with Gasteiger partial charge in [0.1, 0.15) is 4.83 Å². The molecule has 1 aliphatic heterocycles. The molecule has 1 amide bonds. The summed E-state index contributed by atoms with van der Waals surface area (Å²) in [6.07, 6.45) is 4.95. The van der Waals surface area contributed by atoms with Crippen molar-refractivity contribution in [2.45, 2.75) is 32.2 Å². The van der Waals surface area contributed by atoms with Crippen LogP contribution in [0.5, 0.6) is 0 Å². The Morgan fingerprint density at radius 3 is 3.00 bits per heavy atom. The number of amides is 1. The lowest BCUT2D eigenvalue weighted by Gasteiger charge is -2.23. The molecule has 1 aliphatic rings. The third kappa shape index (κ3) is 3.09. The van der Waals surface area contributed by atoms with Crippen LogP contribution in [-0.4, -0.2) is 22.0 Å². The molecule has 0 aliphatic carbocycles. The highest BCUT2D eigenvalue weighted by atomic mass is 32.1. The minimum Gasteiger partial charge on any atom is -0.312 e. The predicted octanol–water partition coefficient (Wildman–Crippen LogP) is 3.22. The molecule has 0 atom stereocenters. The van der Waals surface area contributed by atoms with Crippen molar-refractivity contribution in [3.8, 4) is 0 Å². The van der Waals surface area contributed by atoms with Crippen LogP contribution in [0.25, 0.3) is 10.2 Å². The number of anilines is 1. The lowest BCUT2D eigenvalue weighted by atomic mass is 10.1. The molecule has 0 fully saturated rings. The van der Waals surface area contributed by atoms with Gasteiger partial charge in [-0.2, -0.15) is 0 Å². The molecule has 4 rings (SSSR count). The summed E-state index contributed by atoms with van der Waals surface area (Å²) in [4.78, 5) is 32.2. The highest BCUT2D eigenvalue weighted by molar-refractivity contribution is 7.16. The van der Waals surface area contributed by atoms with Crippen molar-refractivity contribution in [2.75, 3.05) is 11.4 Å². The Morgan fingerprint density at radius 1 is 1.20 bits per heavy atom. The number of para-hydroxylation sites is 1. The van der Waals surface area contributed by atoms with Crippen LogP contribution >= 0.6 is 11.3 Å². The first-order valence-electron chi connectivity index (χ1n) is 8.55. The number of benzene rings is 1. The van der Waals surface area contributed by atoms with E-state index < -0.39 is 0 Å². The Bertz CT molecular complexity index is 976. The van der Waals surface area contributed by atoms with Crippen LogP contribution in [0.2, 0.25) is 0 Å². The van der Waals surface area contributed by atoms with Crippen LogP contribution < -0.4 is 10.5 Å². The van der Waals surface area contributed by atoms with Gasteiger partial charge in [0.05, 0.1) is 11.7 Å². The second-order valence-electron chi connectivity index (χ2n) is 6.26. The van der Waals surface area contributed by atoms with Gasteiger partial charge in [0, 0.05) is 25.2 Å². The van der Waals surface area contributed by atoms with Crippen molar-refractivity contribution in [3.63, 3.8) is 0 Å². The Kier molecular flexibility index (Phi) is 4.36. The van der Waals surface area contributed by atoms with Crippen molar-refractivity contribution >= 4 is 33.1 Å². The zero-order chi connectivity index (χ0) is 17.2. The van der Waals surface area contributed by atoms with Gasteiger partial charge in [0.25, 0.3) is 5.56 Å². The fraction of sp³-hybridized carbons (Fsp3) is 0.316. The molecule has 0 saturated heterocycles. The summed E-state index contributed by atoms with van der Waals surface area (Å²) >= 11 is 1.45. The molecule has 1 aromatic carbocycles. The number of hydrogen-bond donors (Lipinski definition) is 0. The Balaban J connectivity index is 1.54. The fourth-order valence-electron chi connectivity index (χ4n) is 3.35. The number of aromatic nitrogens is 2. The highest BCUT2D eigenvalue weighted by Gasteiger charge is 2.20. The number of aryl methyl sites for hydroxylation is 2. The van der Waals surface area contributed by atoms with Gasteiger partial charge in [0.2, 0.25) is 5.91 Å². The average Bonchev–Trinajstić information content (AvgIpc) is 3.01. The summed E-state index contributed by atoms with van der Waals surface area (Å²) in [5, 5.41) is 2.49. The van der Waals surface area contributed by atoms with Crippen molar-refractivity contribution < 1.29 is 4.79 Å². The maximum Gasteiger partial charge on any atom is 0.262 e. The van der Waals surface area contributed by atoms with Gasteiger partial charge in [-0.05, 0) is 42.3 Å². The second kappa shape index (κ2) is 6.80. The summed E-state index contributed by atoms with van der Waals surface area (Å²) < 4.78 is 1.54. The number of thiophene rings is 1. The molecule has 3 aromatic rings. The maximum atomic E-state index is 12.8. The van der Waals surface area contributed by atoms with E-state index in [1.165, 1.54) is 21.5 Å². The number of carbonyl (C=O) groups is 1. The zero-order valence-electron chi connectivity index (χ0n) is 13.9. The lowest BCUT2D eigenvalue weighted by Crippen LogP contribution is -2.33. The Labute approximate surface area is 149 Å². The summed E-state index contributed by atoms with van der Waals surface area (Å²) in [5.41, 5.74) is 2.17. The Hall–Kier alpha value is -2.47. The molecule has 6 heteroatoms. The third-order valence-corrected chi connectivity index (χ3v) is 5.50. The largest absolute Gasteiger partial charge is 0.312 e. The molecule has 0 saturated carbocycles. The third-order valence-electron chi connectivity index (χ3n) is 4.68. The van der Waals surface area contributed by atoms with Crippen LogP contribution in [-0.2, 0) is 17.8 Å². The van der Waals surface area contributed by atoms with Crippen molar-refractivity contribution in [3.05, 3.63) is 58.0 Å². The minimum atomic E-state index is -0.0738. The van der Waals surface area contributed by atoms with Gasteiger partial charge < -0.3 is 4.90 Å². The highest BCUT2D eigenvalue weighted by Crippen LogP contribution is 2.26. The number of fused-ring (bicyclic) bond motifs is 2. The predicted molar refractivity (Wildman–Crippen MR) is 100 cm³/mol. The first-order chi connectivity index (χ1) is 12.2. The molecule has 128 valence electrons. The van der Waals surface area contributed by atoms with Gasteiger partial charge in [-0.3, -0.25) is 14.2 Å². The van der Waals surface area contributed by atoms with Crippen LogP contribution in [0.15, 0.2) is 46.8 Å². The van der Waals surface area contributed by atoms with Crippen LogP contribution in [0.3, 0.4) is 0 Å². The fourth-order valence-corrected chi connectivity index (χ4v) is 4.08. The van der Waals surface area contributed by atoms with E-state index in [4.69, 9.17) is 0 Å². The molecule has 0 radical (unpaired) electrons. The minimum absolute atomic E-state index is 0.0617. The second-order valence-corrected chi connectivity index (χ2v) is 7.16. The number of nitrogens with zero attached hydrogens (tertiary/aromatic N) is 3. The van der Waals surface area contributed by atoms with Gasteiger partial charge >= 0.3 is 0 Å². The first kappa shape index (κ1) is 16.0. The number of carbonyl (C=O) groups excluding carboxylic acids is 1. The van der Waals surface area contributed by atoms with Gasteiger partial charge in [-0.1, -0.05) is 18.2 Å². The van der Waals surface area contributed by atoms with E-state index >= 15 is 0 Å². The standard InChI is InChI=1S/C19H19N3O2S/c23-17(22-10-4-3-6-14-5-1-2-7-16(14)22)8-11-21-13-20-18-15(19(21)24)9-12-25-18/h1-2,5,7,9,12-13H,3-4,6,8,10-11H2. The van der Waals surface area contributed by atoms with E-state index in [0.717, 1.165) is 36.3 Å². The summed E-state index contributed by atoms with van der Waals surface area (Å²) in [7, 11) is 0.